The van der Waals surface area contributed by atoms with E-state index in [-0.39, 0.29) is 35.8 Å². The molecular formula is C14H23FIN5O. The van der Waals surface area contributed by atoms with Crippen LogP contribution in [0.2, 0.25) is 0 Å². The SMILES string of the molecule is CN=C(NCCOC)NC1CCN(c2ncccc2F)C1.I. The molecule has 124 valence electrons. The number of rotatable bonds is 5. The maximum absolute atomic E-state index is 13.7. The molecule has 1 fully saturated rings. The van der Waals surface area contributed by atoms with E-state index in [1.807, 2.05) is 4.90 Å². The molecule has 1 aliphatic rings. The van der Waals surface area contributed by atoms with Crippen LogP contribution in [0.25, 0.3) is 0 Å². The van der Waals surface area contributed by atoms with Crippen LogP contribution < -0.4 is 15.5 Å². The molecule has 1 aromatic heterocycles. The Bertz CT molecular complexity index is 488. The fourth-order valence-electron chi connectivity index (χ4n) is 2.34. The number of halogens is 2. The lowest BCUT2D eigenvalue weighted by Crippen LogP contribution is -2.45. The second-order valence-corrected chi connectivity index (χ2v) is 4.88. The van der Waals surface area contributed by atoms with Crippen LogP contribution in [0.15, 0.2) is 23.3 Å². The summed E-state index contributed by atoms with van der Waals surface area (Å²) in [7, 11) is 3.39. The zero-order valence-electron chi connectivity index (χ0n) is 12.9. The molecule has 2 heterocycles. The monoisotopic (exact) mass is 423 g/mol. The van der Waals surface area contributed by atoms with E-state index in [9.17, 15) is 4.39 Å². The molecule has 0 radical (unpaired) electrons. The highest BCUT2D eigenvalue weighted by atomic mass is 127. The number of aliphatic imine (C=N–C) groups is 1. The predicted octanol–water partition coefficient (Wildman–Crippen LogP) is 1.23. The zero-order valence-corrected chi connectivity index (χ0v) is 15.2. The Balaban J connectivity index is 0.00000242. The van der Waals surface area contributed by atoms with Crippen molar-refractivity contribution in [2.24, 2.45) is 4.99 Å². The van der Waals surface area contributed by atoms with Gasteiger partial charge >= 0.3 is 0 Å². The number of anilines is 1. The first-order valence-electron chi connectivity index (χ1n) is 7.06. The van der Waals surface area contributed by atoms with Gasteiger partial charge in [0, 0.05) is 46.0 Å². The first kappa shape index (κ1) is 18.9. The van der Waals surface area contributed by atoms with Gasteiger partial charge in [-0.1, -0.05) is 0 Å². The van der Waals surface area contributed by atoms with E-state index in [0.29, 0.717) is 25.5 Å². The van der Waals surface area contributed by atoms with Crippen molar-refractivity contribution in [1.29, 1.82) is 0 Å². The molecule has 0 bridgehead atoms. The van der Waals surface area contributed by atoms with Crippen LogP contribution in [-0.4, -0.2) is 57.4 Å². The molecule has 2 rings (SSSR count). The predicted molar refractivity (Wildman–Crippen MR) is 96.6 cm³/mol. The van der Waals surface area contributed by atoms with E-state index in [4.69, 9.17) is 4.74 Å². The molecule has 22 heavy (non-hydrogen) atoms. The van der Waals surface area contributed by atoms with Gasteiger partial charge in [-0.05, 0) is 18.6 Å². The average Bonchev–Trinajstić information content (AvgIpc) is 2.95. The zero-order chi connectivity index (χ0) is 15.1. The van der Waals surface area contributed by atoms with Crippen molar-refractivity contribution in [3.63, 3.8) is 0 Å². The van der Waals surface area contributed by atoms with Crippen LogP contribution in [-0.2, 0) is 4.74 Å². The third-order valence-corrected chi connectivity index (χ3v) is 3.39. The Morgan fingerprint density at radius 1 is 1.59 bits per heavy atom. The van der Waals surface area contributed by atoms with E-state index in [1.54, 1.807) is 26.4 Å². The summed E-state index contributed by atoms with van der Waals surface area (Å²) in [4.78, 5) is 10.2. The molecular weight excluding hydrogens is 400 g/mol. The molecule has 1 unspecified atom stereocenters. The number of pyridine rings is 1. The summed E-state index contributed by atoms with van der Waals surface area (Å²) in [6.07, 6.45) is 2.53. The molecule has 6 nitrogen and oxygen atoms in total. The van der Waals surface area contributed by atoms with Gasteiger partial charge < -0.3 is 20.3 Å². The van der Waals surface area contributed by atoms with Crippen molar-refractivity contribution in [2.75, 3.05) is 45.3 Å². The molecule has 0 amide bonds. The Hall–Kier alpha value is -1.16. The van der Waals surface area contributed by atoms with Crippen LogP contribution in [0.5, 0.6) is 0 Å². The van der Waals surface area contributed by atoms with Gasteiger partial charge in [-0.2, -0.15) is 0 Å². The summed E-state index contributed by atoms with van der Waals surface area (Å²) in [6, 6.07) is 3.26. The Labute approximate surface area is 147 Å². The summed E-state index contributed by atoms with van der Waals surface area (Å²) in [5, 5.41) is 6.50. The lowest BCUT2D eigenvalue weighted by Gasteiger charge is -2.19. The Morgan fingerprint density at radius 2 is 2.41 bits per heavy atom. The number of aromatic nitrogens is 1. The highest BCUT2D eigenvalue weighted by Crippen LogP contribution is 2.20. The van der Waals surface area contributed by atoms with Crippen molar-refractivity contribution in [1.82, 2.24) is 15.6 Å². The molecule has 0 spiro atoms. The minimum Gasteiger partial charge on any atom is -0.383 e. The van der Waals surface area contributed by atoms with E-state index in [0.717, 1.165) is 18.9 Å². The van der Waals surface area contributed by atoms with E-state index < -0.39 is 0 Å². The second kappa shape index (κ2) is 9.78. The molecule has 0 saturated carbocycles. The minimum atomic E-state index is -0.277. The maximum atomic E-state index is 13.7. The lowest BCUT2D eigenvalue weighted by molar-refractivity contribution is 0.203. The first-order chi connectivity index (χ1) is 10.2. The van der Waals surface area contributed by atoms with Crippen molar-refractivity contribution >= 4 is 35.8 Å². The summed E-state index contributed by atoms with van der Waals surface area (Å²) in [5.41, 5.74) is 0. The van der Waals surface area contributed by atoms with Gasteiger partial charge in [0.2, 0.25) is 0 Å². The highest BCUT2D eigenvalue weighted by Gasteiger charge is 2.25. The Kier molecular flexibility index (Phi) is 8.39. The van der Waals surface area contributed by atoms with Gasteiger partial charge in [-0.3, -0.25) is 4.99 Å². The van der Waals surface area contributed by atoms with Crippen LogP contribution in [0.1, 0.15) is 6.42 Å². The normalized spacial score (nSPS) is 18.0. The fraction of sp³-hybridized carbons (Fsp3) is 0.571. The van der Waals surface area contributed by atoms with Gasteiger partial charge in [0.15, 0.2) is 17.6 Å². The van der Waals surface area contributed by atoms with E-state index in [1.165, 1.54) is 6.07 Å². The number of guanidine groups is 1. The highest BCUT2D eigenvalue weighted by molar-refractivity contribution is 14.0. The topological polar surface area (TPSA) is 61.8 Å². The molecule has 1 saturated heterocycles. The van der Waals surface area contributed by atoms with Gasteiger partial charge in [0.05, 0.1) is 6.61 Å². The number of nitrogens with zero attached hydrogens (tertiary/aromatic N) is 3. The molecule has 0 aliphatic carbocycles. The van der Waals surface area contributed by atoms with Crippen molar-refractivity contribution < 1.29 is 9.13 Å². The third-order valence-electron chi connectivity index (χ3n) is 3.39. The molecule has 1 aromatic rings. The lowest BCUT2D eigenvalue weighted by atomic mass is 10.3. The van der Waals surface area contributed by atoms with Gasteiger partial charge in [0.1, 0.15) is 0 Å². The Morgan fingerprint density at radius 3 is 3.09 bits per heavy atom. The van der Waals surface area contributed by atoms with Gasteiger partial charge in [-0.25, -0.2) is 9.37 Å². The fourth-order valence-corrected chi connectivity index (χ4v) is 2.34. The maximum Gasteiger partial charge on any atom is 0.191 e. The van der Waals surface area contributed by atoms with Gasteiger partial charge in [-0.15, -0.1) is 24.0 Å². The third kappa shape index (κ3) is 5.24. The van der Waals surface area contributed by atoms with Crippen molar-refractivity contribution in [3.8, 4) is 0 Å². The largest absolute Gasteiger partial charge is 0.383 e. The van der Waals surface area contributed by atoms with Crippen molar-refractivity contribution in [2.45, 2.75) is 12.5 Å². The average molecular weight is 423 g/mol. The number of hydrogen-bond donors (Lipinski definition) is 2. The second-order valence-electron chi connectivity index (χ2n) is 4.88. The molecule has 1 aliphatic heterocycles. The van der Waals surface area contributed by atoms with Crippen LogP contribution in [0, 0.1) is 5.82 Å². The summed E-state index contributed by atoms with van der Waals surface area (Å²) >= 11 is 0. The quantitative estimate of drug-likeness (QED) is 0.323. The standard InChI is InChI=1S/C14H22FN5O.HI/c1-16-14(18-7-9-21-2)19-11-5-8-20(10-11)13-12(15)4-3-6-17-13;/h3-4,6,11H,5,7-10H2,1-2H3,(H2,16,18,19);1H. The molecule has 2 N–H and O–H groups in total. The van der Waals surface area contributed by atoms with Crippen molar-refractivity contribution in [3.05, 3.63) is 24.1 Å². The van der Waals surface area contributed by atoms with E-state index in [2.05, 4.69) is 20.6 Å². The number of hydrogen-bond acceptors (Lipinski definition) is 4. The smallest absolute Gasteiger partial charge is 0.191 e. The summed E-state index contributed by atoms with van der Waals surface area (Å²) in [5.74, 6) is 0.880. The summed E-state index contributed by atoms with van der Waals surface area (Å²) < 4.78 is 18.7. The molecule has 1 atom stereocenters. The molecule has 0 aromatic carbocycles. The number of ether oxygens (including phenoxy) is 1. The number of methoxy groups -OCH3 is 1. The van der Waals surface area contributed by atoms with Crippen LogP contribution in [0.3, 0.4) is 0 Å². The van der Waals surface area contributed by atoms with Gasteiger partial charge in [0.25, 0.3) is 0 Å². The first-order valence-corrected chi connectivity index (χ1v) is 7.06. The number of nitrogens with one attached hydrogen (secondary N) is 2. The minimum absolute atomic E-state index is 0. The molecule has 8 heteroatoms. The van der Waals surface area contributed by atoms with Crippen LogP contribution in [0.4, 0.5) is 10.2 Å². The van der Waals surface area contributed by atoms with Crippen LogP contribution >= 0.6 is 24.0 Å². The summed E-state index contributed by atoms with van der Waals surface area (Å²) in [6.45, 7) is 2.80. The van der Waals surface area contributed by atoms with E-state index >= 15 is 0 Å².